The minimum absolute atomic E-state index is 0. The molecule has 0 saturated carbocycles. The fraction of sp³-hybridized carbons (Fsp3) is 0.846. The zero-order chi connectivity index (χ0) is 14.0. The van der Waals surface area contributed by atoms with E-state index in [1.807, 2.05) is 0 Å². The first-order valence-electron chi connectivity index (χ1n) is 6.66. The van der Waals surface area contributed by atoms with Gasteiger partial charge in [0.25, 0.3) is 0 Å². The van der Waals surface area contributed by atoms with Gasteiger partial charge >= 0.3 is 59.1 Å². The number of carboxylic acids is 2. The molecule has 0 unspecified atom stereocenters. The normalized spacial score (nSPS) is 10.0. The molecule has 0 saturated heterocycles. The smallest absolute Gasteiger partial charge is 0.549 e. The average Bonchev–Trinajstić information content (AvgIpc) is 2.28. The fourth-order valence-electron chi connectivity index (χ4n) is 1.98. The van der Waals surface area contributed by atoms with Gasteiger partial charge in [0.05, 0.1) is 11.9 Å². The van der Waals surface area contributed by atoms with Crippen LogP contribution in [0.3, 0.4) is 0 Å². The minimum atomic E-state index is -1.55. The second kappa shape index (κ2) is 16.3. The van der Waals surface area contributed by atoms with E-state index in [0.29, 0.717) is 6.42 Å². The summed E-state index contributed by atoms with van der Waals surface area (Å²) in [5.74, 6) is -4.57. The molecule has 7 heteroatoms. The van der Waals surface area contributed by atoms with E-state index in [9.17, 15) is 19.8 Å². The Morgan fingerprint density at radius 1 is 0.900 bits per heavy atom. The van der Waals surface area contributed by atoms with Crippen molar-refractivity contribution in [3.63, 3.8) is 0 Å². The maximum Gasteiger partial charge on any atom is 1.00 e. The zero-order valence-electron chi connectivity index (χ0n) is 13.3. The first kappa shape index (κ1) is 25.8. The third-order valence-electron chi connectivity index (χ3n) is 2.87. The molecule has 0 bridgehead atoms. The summed E-state index contributed by atoms with van der Waals surface area (Å²) < 4.78 is 0. The van der Waals surface area contributed by atoms with Crippen LogP contribution in [-0.4, -0.2) is 36.5 Å². The molecule has 0 aromatic rings. The molecule has 0 aliphatic rings. The van der Waals surface area contributed by atoms with Gasteiger partial charge in [-0.15, -0.1) is 0 Å². The fourth-order valence-corrected chi connectivity index (χ4v) is 1.98. The van der Waals surface area contributed by atoms with Crippen LogP contribution in [0.4, 0.5) is 0 Å². The third kappa shape index (κ3) is 12.6. The quantitative estimate of drug-likeness (QED) is 0.215. The Balaban J connectivity index is -0.00000144. The molecule has 0 aliphatic carbocycles. The van der Waals surface area contributed by atoms with Gasteiger partial charge < -0.3 is 24.7 Å². The van der Waals surface area contributed by atoms with Crippen molar-refractivity contribution < 1.29 is 78.9 Å². The van der Waals surface area contributed by atoms with Crippen molar-refractivity contribution in [2.24, 2.45) is 5.92 Å². The molecule has 0 heterocycles. The van der Waals surface area contributed by atoms with E-state index in [1.54, 1.807) is 0 Å². The molecule has 0 aromatic carbocycles. The first-order valence-corrected chi connectivity index (χ1v) is 6.66. The number of rotatable bonds is 11. The Bertz CT molecular complexity index is 245. The number of nitrogens with zero attached hydrogens (tertiary/aromatic N) is 1. The van der Waals surface area contributed by atoms with Crippen molar-refractivity contribution in [3.8, 4) is 0 Å². The predicted octanol–water partition coefficient (Wildman–Crippen LogP) is -6.60. The van der Waals surface area contributed by atoms with Crippen LogP contribution in [-0.2, 0) is 9.59 Å². The Labute approximate surface area is 166 Å². The van der Waals surface area contributed by atoms with E-state index >= 15 is 0 Å². The Morgan fingerprint density at radius 2 is 1.35 bits per heavy atom. The number of carboxylic acid groups (broad SMARTS) is 2. The van der Waals surface area contributed by atoms with Gasteiger partial charge in [-0.1, -0.05) is 20.3 Å². The van der Waals surface area contributed by atoms with Crippen LogP contribution in [0.25, 0.3) is 0 Å². The maximum absolute atomic E-state index is 10.5. The van der Waals surface area contributed by atoms with Crippen LogP contribution >= 0.6 is 0 Å². The number of aliphatic carboxylic acids is 2. The first-order chi connectivity index (χ1) is 8.52. The number of unbranched alkanes of at least 4 members (excludes halogenated alkanes) is 1. The van der Waals surface area contributed by atoms with E-state index < -0.39 is 17.9 Å². The van der Waals surface area contributed by atoms with Gasteiger partial charge in [0, 0.05) is 5.92 Å². The van der Waals surface area contributed by atoms with Crippen LogP contribution in [0.15, 0.2) is 0 Å². The van der Waals surface area contributed by atoms with Crippen LogP contribution in [0, 0.1) is 5.92 Å². The molecule has 0 atom stereocenters. The molecule has 5 nitrogen and oxygen atoms in total. The average molecular weight is 303 g/mol. The van der Waals surface area contributed by atoms with E-state index in [4.69, 9.17) is 0 Å². The second-order valence-electron chi connectivity index (χ2n) is 4.53. The van der Waals surface area contributed by atoms with E-state index in [2.05, 4.69) is 18.7 Å². The molecular weight excluding hydrogens is 280 g/mol. The van der Waals surface area contributed by atoms with Crippen molar-refractivity contribution in [3.05, 3.63) is 0 Å². The van der Waals surface area contributed by atoms with E-state index in [-0.39, 0.29) is 65.5 Å². The molecule has 0 amide bonds. The maximum atomic E-state index is 10.5. The van der Waals surface area contributed by atoms with Crippen LogP contribution in [0.5, 0.6) is 0 Å². The molecule has 0 aromatic heterocycles. The summed E-state index contributed by atoms with van der Waals surface area (Å²) in [5.41, 5.74) is 0. The van der Waals surface area contributed by atoms with Gasteiger partial charge in [0.1, 0.15) is 0 Å². The Morgan fingerprint density at radius 3 is 1.70 bits per heavy atom. The van der Waals surface area contributed by atoms with Gasteiger partial charge in [-0.25, -0.2) is 0 Å². The summed E-state index contributed by atoms with van der Waals surface area (Å²) in [6.07, 6.45) is 3.63. The number of carbonyl (C=O) groups is 2. The summed E-state index contributed by atoms with van der Waals surface area (Å²) in [4.78, 5) is 23.4. The third-order valence-corrected chi connectivity index (χ3v) is 2.87. The molecule has 0 fully saturated rings. The molecular formula is C13H23NNa2O4. The summed E-state index contributed by atoms with van der Waals surface area (Å²) in [7, 11) is 0. The van der Waals surface area contributed by atoms with Gasteiger partial charge in [0.2, 0.25) is 0 Å². The summed E-state index contributed by atoms with van der Waals surface area (Å²) in [6.45, 7) is 7.17. The van der Waals surface area contributed by atoms with Gasteiger partial charge in [-0.05, 0) is 45.3 Å². The largest absolute Gasteiger partial charge is 1.00 e. The SMILES string of the molecule is CCCN(CCC)CCCCC(C(=O)[O-])C(=O)[O-].[Na+].[Na+]. The molecule has 20 heavy (non-hydrogen) atoms. The van der Waals surface area contributed by atoms with Crippen molar-refractivity contribution in [2.45, 2.75) is 46.0 Å². The Kier molecular flexibility index (Phi) is 21.0. The van der Waals surface area contributed by atoms with Gasteiger partial charge in [-0.3, -0.25) is 0 Å². The number of hydrogen-bond acceptors (Lipinski definition) is 5. The summed E-state index contributed by atoms with van der Waals surface area (Å²) in [6, 6.07) is 0. The second-order valence-corrected chi connectivity index (χ2v) is 4.53. The van der Waals surface area contributed by atoms with Crippen LogP contribution < -0.4 is 69.3 Å². The molecule has 0 spiro atoms. The van der Waals surface area contributed by atoms with E-state index in [0.717, 1.165) is 38.9 Å². The molecule has 106 valence electrons. The standard InChI is InChI=1S/C13H25NO4.2Na/c1-3-8-14(9-4-2)10-6-5-7-11(12(15)16)13(17)18;;/h11H,3-10H2,1-2H3,(H,15,16)(H,17,18);;/q;2*+1/p-2. The van der Waals surface area contributed by atoms with Crippen molar-refractivity contribution >= 4 is 11.9 Å². The van der Waals surface area contributed by atoms with Crippen LogP contribution in [0.1, 0.15) is 46.0 Å². The summed E-state index contributed by atoms with van der Waals surface area (Å²) >= 11 is 0. The number of carbonyl (C=O) groups excluding carboxylic acids is 2. The Hall–Kier alpha value is 0.900. The summed E-state index contributed by atoms with van der Waals surface area (Å²) in [5, 5.41) is 21.1. The van der Waals surface area contributed by atoms with Crippen molar-refractivity contribution in [1.82, 2.24) is 4.90 Å². The topological polar surface area (TPSA) is 83.5 Å². The number of hydrogen-bond donors (Lipinski definition) is 0. The van der Waals surface area contributed by atoms with Crippen LogP contribution in [0.2, 0.25) is 0 Å². The zero-order valence-corrected chi connectivity index (χ0v) is 17.3. The van der Waals surface area contributed by atoms with Gasteiger partial charge in [0.15, 0.2) is 0 Å². The molecule has 0 aliphatic heterocycles. The van der Waals surface area contributed by atoms with Crippen molar-refractivity contribution in [1.29, 1.82) is 0 Å². The molecule has 0 N–H and O–H groups in total. The van der Waals surface area contributed by atoms with Crippen molar-refractivity contribution in [2.75, 3.05) is 19.6 Å². The molecule has 0 rings (SSSR count). The van der Waals surface area contributed by atoms with E-state index in [1.165, 1.54) is 0 Å². The molecule has 0 radical (unpaired) electrons. The minimum Gasteiger partial charge on any atom is -0.549 e. The predicted molar refractivity (Wildman–Crippen MR) is 64.4 cm³/mol. The van der Waals surface area contributed by atoms with Gasteiger partial charge in [-0.2, -0.15) is 0 Å². The monoisotopic (exact) mass is 303 g/mol.